The van der Waals surface area contributed by atoms with E-state index in [9.17, 15) is 4.79 Å². The Hall–Kier alpha value is -3.28. The number of hydrogen-bond donors (Lipinski definition) is 1. The normalized spacial score (nSPS) is 11.0. The summed E-state index contributed by atoms with van der Waals surface area (Å²) in [5.41, 5.74) is 4.29. The van der Waals surface area contributed by atoms with Crippen molar-refractivity contribution in [2.24, 2.45) is 0 Å². The number of aromatic nitrogens is 2. The number of carbonyl (C=O) groups is 1. The summed E-state index contributed by atoms with van der Waals surface area (Å²) in [6, 6.07) is 18.0. The highest BCUT2D eigenvalue weighted by Crippen LogP contribution is 2.31. The monoisotopic (exact) mass is 462 g/mol. The fourth-order valence-corrected chi connectivity index (χ4v) is 4.25. The second kappa shape index (κ2) is 12.3. The number of anilines is 1. The van der Waals surface area contributed by atoms with Crippen molar-refractivity contribution in [3.8, 4) is 17.0 Å². The summed E-state index contributed by atoms with van der Waals surface area (Å²) < 4.78 is 8.51. The van der Waals surface area contributed by atoms with Crippen LogP contribution in [0.2, 0.25) is 0 Å². The molecule has 0 fully saturated rings. The summed E-state index contributed by atoms with van der Waals surface area (Å²) in [7, 11) is 1.66. The number of imidazole rings is 1. The first-order valence-electron chi connectivity index (χ1n) is 12.3. The molecule has 2 aromatic carbocycles. The quantitative estimate of drug-likeness (QED) is 0.336. The number of nitrogens with zero attached hydrogens (tertiary/aromatic N) is 3. The Balaban J connectivity index is 1.72. The molecule has 0 atom stereocenters. The molecule has 6 heteroatoms. The number of benzene rings is 2. The summed E-state index contributed by atoms with van der Waals surface area (Å²) in [6.07, 6.45) is 2.79. The lowest BCUT2D eigenvalue weighted by molar-refractivity contribution is 0.247. The van der Waals surface area contributed by atoms with Crippen LogP contribution in [0.5, 0.6) is 5.75 Å². The van der Waals surface area contributed by atoms with Gasteiger partial charge in [0.1, 0.15) is 11.6 Å². The number of aryl methyl sites for hydroxylation is 1. The van der Waals surface area contributed by atoms with Gasteiger partial charge < -0.3 is 14.6 Å². The molecule has 0 bridgehead atoms. The van der Waals surface area contributed by atoms with Crippen molar-refractivity contribution < 1.29 is 9.53 Å². The van der Waals surface area contributed by atoms with Crippen LogP contribution < -0.4 is 15.0 Å². The zero-order valence-corrected chi connectivity index (χ0v) is 21.2. The number of unbranched alkanes of at least 4 members (excludes halogenated alkanes) is 1. The van der Waals surface area contributed by atoms with Gasteiger partial charge in [-0.05, 0) is 37.8 Å². The molecule has 3 rings (SSSR count). The average molecular weight is 463 g/mol. The number of hydrogen-bond acceptors (Lipinski definition) is 3. The van der Waals surface area contributed by atoms with E-state index < -0.39 is 0 Å². The van der Waals surface area contributed by atoms with E-state index in [0.717, 1.165) is 54.3 Å². The Bertz CT molecular complexity index is 1060. The van der Waals surface area contributed by atoms with Crippen LogP contribution in [-0.4, -0.2) is 35.8 Å². The SMILES string of the molecule is CCCCN(C(=O)NC)c1ccccc1OCCCn1c(C)nc(-c2ccccc2)c1C(C)C. The largest absolute Gasteiger partial charge is 0.491 e. The molecule has 0 spiro atoms. The van der Waals surface area contributed by atoms with Crippen LogP contribution in [0.15, 0.2) is 54.6 Å². The van der Waals surface area contributed by atoms with Crippen molar-refractivity contribution in [3.63, 3.8) is 0 Å². The van der Waals surface area contributed by atoms with E-state index in [1.54, 1.807) is 11.9 Å². The lowest BCUT2D eigenvalue weighted by Crippen LogP contribution is -2.39. The van der Waals surface area contributed by atoms with Gasteiger partial charge in [0.25, 0.3) is 0 Å². The smallest absolute Gasteiger partial charge is 0.321 e. The molecule has 1 aromatic heterocycles. The molecule has 1 heterocycles. The molecule has 0 radical (unpaired) electrons. The fraction of sp³-hybridized carbons (Fsp3) is 0.429. The molecular weight excluding hydrogens is 424 g/mol. The summed E-state index contributed by atoms with van der Waals surface area (Å²) in [5, 5.41) is 2.75. The van der Waals surface area contributed by atoms with Crippen LogP contribution in [0, 0.1) is 6.92 Å². The number of urea groups is 1. The summed E-state index contributed by atoms with van der Waals surface area (Å²) in [6.45, 7) is 10.7. The highest BCUT2D eigenvalue weighted by atomic mass is 16.5. The Morgan fingerprint density at radius 3 is 2.47 bits per heavy atom. The van der Waals surface area contributed by atoms with E-state index >= 15 is 0 Å². The predicted octanol–water partition coefficient (Wildman–Crippen LogP) is 6.40. The maximum atomic E-state index is 12.5. The molecule has 3 aromatic rings. The zero-order chi connectivity index (χ0) is 24.5. The topological polar surface area (TPSA) is 59.4 Å². The summed E-state index contributed by atoms with van der Waals surface area (Å²) >= 11 is 0. The van der Waals surface area contributed by atoms with Crippen LogP contribution in [0.25, 0.3) is 11.3 Å². The van der Waals surface area contributed by atoms with Gasteiger partial charge in [-0.1, -0.05) is 69.7 Å². The molecule has 0 aliphatic heterocycles. The number of para-hydroxylation sites is 2. The van der Waals surface area contributed by atoms with Gasteiger partial charge in [-0.2, -0.15) is 0 Å². The first-order valence-corrected chi connectivity index (χ1v) is 12.3. The minimum Gasteiger partial charge on any atom is -0.491 e. The maximum Gasteiger partial charge on any atom is 0.321 e. The minimum atomic E-state index is -0.117. The lowest BCUT2D eigenvalue weighted by Gasteiger charge is -2.24. The summed E-state index contributed by atoms with van der Waals surface area (Å²) in [5.74, 6) is 2.12. The van der Waals surface area contributed by atoms with E-state index in [1.165, 1.54) is 5.69 Å². The number of ether oxygens (including phenoxy) is 1. The third kappa shape index (κ3) is 5.99. The van der Waals surface area contributed by atoms with Gasteiger partial charge in [0.2, 0.25) is 0 Å². The Kier molecular flexibility index (Phi) is 9.14. The molecule has 0 unspecified atom stereocenters. The highest BCUT2D eigenvalue weighted by Gasteiger charge is 2.20. The van der Waals surface area contributed by atoms with Gasteiger partial charge in [-0.3, -0.25) is 4.90 Å². The van der Waals surface area contributed by atoms with Crippen LogP contribution >= 0.6 is 0 Å². The maximum absolute atomic E-state index is 12.5. The first-order chi connectivity index (χ1) is 16.5. The molecule has 1 N–H and O–H groups in total. The molecule has 0 aliphatic rings. The molecule has 6 nitrogen and oxygen atoms in total. The van der Waals surface area contributed by atoms with Crippen LogP contribution in [0.4, 0.5) is 10.5 Å². The zero-order valence-electron chi connectivity index (χ0n) is 21.2. The predicted molar refractivity (Wildman–Crippen MR) is 140 cm³/mol. The molecule has 182 valence electrons. The minimum absolute atomic E-state index is 0.117. The molecule has 0 saturated carbocycles. The van der Waals surface area contributed by atoms with Gasteiger partial charge in [0.05, 0.1) is 18.0 Å². The second-order valence-electron chi connectivity index (χ2n) is 8.80. The summed E-state index contributed by atoms with van der Waals surface area (Å²) in [4.78, 5) is 19.2. The van der Waals surface area contributed by atoms with Crippen molar-refractivity contribution in [2.45, 2.75) is 59.4 Å². The third-order valence-corrected chi connectivity index (χ3v) is 5.93. The average Bonchev–Trinajstić information content (AvgIpc) is 3.19. The van der Waals surface area contributed by atoms with Crippen LogP contribution in [-0.2, 0) is 6.54 Å². The van der Waals surface area contributed by atoms with E-state index in [4.69, 9.17) is 9.72 Å². The van der Waals surface area contributed by atoms with Gasteiger partial charge in [0.15, 0.2) is 0 Å². The van der Waals surface area contributed by atoms with Gasteiger partial charge in [0, 0.05) is 31.4 Å². The number of nitrogens with one attached hydrogen (secondary N) is 1. The fourth-order valence-electron chi connectivity index (χ4n) is 4.25. The Morgan fingerprint density at radius 2 is 1.79 bits per heavy atom. The van der Waals surface area contributed by atoms with Crippen molar-refractivity contribution >= 4 is 11.7 Å². The van der Waals surface area contributed by atoms with Crippen molar-refractivity contribution in [1.29, 1.82) is 0 Å². The van der Waals surface area contributed by atoms with Crippen LogP contribution in [0.1, 0.15) is 57.5 Å². The first kappa shape index (κ1) is 25.3. The number of amides is 2. The Morgan fingerprint density at radius 1 is 1.09 bits per heavy atom. The number of carbonyl (C=O) groups excluding carboxylic acids is 1. The van der Waals surface area contributed by atoms with Crippen molar-refractivity contribution in [1.82, 2.24) is 14.9 Å². The number of rotatable bonds is 11. The third-order valence-electron chi connectivity index (χ3n) is 5.93. The van der Waals surface area contributed by atoms with Gasteiger partial charge >= 0.3 is 6.03 Å². The Labute approximate surface area is 204 Å². The highest BCUT2D eigenvalue weighted by molar-refractivity contribution is 5.93. The van der Waals surface area contributed by atoms with E-state index in [1.807, 2.05) is 30.3 Å². The van der Waals surface area contributed by atoms with Crippen LogP contribution in [0.3, 0.4) is 0 Å². The van der Waals surface area contributed by atoms with E-state index in [-0.39, 0.29) is 6.03 Å². The second-order valence-corrected chi connectivity index (χ2v) is 8.80. The van der Waals surface area contributed by atoms with Crippen molar-refractivity contribution in [2.75, 3.05) is 25.1 Å². The van der Waals surface area contributed by atoms with Gasteiger partial charge in [-0.15, -0.1) is 0 Å². The van der Waals surface area contributed by atoms with Crippen molar-refractivity contribution in [3.05, 3.63) is 66.1 Å². The molecule has 0 saturated heterocycles. The van der Waals surface area contributed by atoms with E-state index in [0.29, 0.717) is 19.1 Å². The van der Waals surface area contributed by atoms with Gasteiger partial charge in [-0.25, -0.2) is 9.78 Å². The van der Waals surface area contributed by atoms with E-state index in [2.05, 4.69) is 61.8 Å². The lowest BCUT2D eigenvalue weighted by atomic mass is 10.0. The molecular formula is C28H38N4O2. The molecule has 2 amide bonds. The molecule has 34 heavy (non-hydrogen) atoms. The standard InChI is InChI=1S/C28H38N4O2/c1-6-7-18-32(28(33)29-5)24-16-11-12-17-25(24)34-20-13-19-31-22(4)30-26(27(31)21(2)3)23-14-9-8-10-15-23/h8-12,14-17,21H,6-7,13,18-20H2,1-5H3,(H,29,33). The molecule has 0 aliphatic carbocycles.